The molecule has 104 valence electrons. The van der Waals surface area contributed by atoms with E-state index in [-0.39, 0.29) is 6.54 Å². The van der Waals surface area contributed by atoms with Gasteiger partial charge in [-0.3, -0.25) is 0 Å². The molecule has 0 saturated carbocycles. The highest BCUT2D eigenvalue weighted by atomic mass is 19.4. The van der Waals surface area contributed by atoms with Crippen LogP contribution in [-0.2, 0) is 12.7 Å². The number of hydrogen-bond acceptors (Lipinski definition) is 2. The zero-order valence-corrected chi connectivity index (χ0v) is 10.7. The molecule has 1 aromatic rings. The fourth-order valence-corrected chi connectivity index (χ4v) is 2.11. The third-order valence-corrected chi connectivity index (χ3v) is 3.33. The highest BCUT2D eigenvalue weighted by Gasteiger charge is 2.38. The summed E-state index contributed by atoms with van der Waals surface area (Å²) in [5, 5.41) is 0. The average Bonchev–Trinajstić information content (AvgIpc) is 2.38. The lowest BCUT2D eigenvalue weighted by molar-refractivity contribution is -0.448. The summed E-state index contributed by atoms with van der Waals surface area (Å²) in [5.74, 6) is 0.896. The Bertz CT molecular complexity index is 494. The molecule has 0 saturated heterocycles. The van der Waals surface area contributed by atoms with Gasteiger partial charge in [0.25, 0.3) is 5.69 Å². The Hall–Kier alpha value is -1.43. The second kappa shape index (κ2) is 5.28. The predicted octanol–water partition coefficient (Wildman–Crippen LogP) is 2.70. The first-order valence-corrected chi connectivity index (χ1v) is 6.29. The molecule has 0 amide bonds. The molecule has 1 aromatic heterocycles. The van der Waals surface area contributed by atoms with Crippen molar-refractivity contribution in [2.24, 2.45) is 11.7 Å². The van der Waals surface area contributed by atoms with Crippen molar-refractivity contribution in [3.8, 4) is 0 Å². The van der Waals surface area contributed by atoms with Gasteiger partial charge in [0, 0.05) is 13.0 Å². The number of hydrogen-bond donors (Lipinski definition) is 1. The fourth-order valence-electron chi connectivity index (χ4n) is 2.11. The van der Waals surface area contributed by atoms with Gasteiger partial charge in [-0.1, -0.05) is 6.92 Å². The van der Waals surface area contributed by atoms with Crippen molar-refractivity contribution in [3.63, 3.8) is 0 Å². The van der Waals surface area contributed by atoms with Crippen molar-refractivity contribution in [1.82, 2.24) is 4.98 Å². The number of nitrogens with two attached hydrogens (primary N) is 1. The summed E-state index contributed by atoms with van der Waals surface area (Å²) >= 11 is 0. The normalized spacial score (nSPS) is 20.3. The van der Waals surface area contributed by atoms with Crippen LogP contribution in [0.2, 0.25) is 0 Å². The largest absolute Gasteiger partial charge is 0.457 e. The van der Waals surface area contributed by atoms with Crippen LogP contribution in [0.25, 0.3) is 0 Å². The third kappa shape index (κ3) is 3.12. The summed E-state index contributed by atoms with van der Waals surface area (Å²) in [7, 11) is 0. The monoisotopic (exact) mass is 272 g/mol. The van der Waals surface area contributed by atoms with Crippen LogP contribution in [-0.4, -0.2) is 22.3 Å². The Kier molecular flexibility index (Phi) is 3.89. The zero-order chi connectivity index (χ0) is 14.0. The van der Waals surface area contributed by atoms with Gasteiger partial charge in [0.15, 0.2) is 0 Å². The van der Waals surface area contributed by atoms with E-state index in [0.717, 1.165) is 18.9 Å². The quantitative estimate of drug-likeness (QED) is 0.841. The second-order valence-electron chi connectivity index (χ2n) is 4.89. The van der Waals surface area contributed by atoms with Crippen LogP contribution in [0.3, 0.4) is 0 Å². The molecule has 1 aliphatic rings. The lowest BCUT2D eigenvalue weighted by atomic mass is 10.0. The van der Waals surface area contributed by atoms with Gasteiger partial charge in [0.2, 0.25) is 0 Å². The first kappa shape index (κ1) is 14.0. The van der Waals surface area contributed by atoms with Crippen LogP contribution in [0.5, 0.6) is 0 Å². The van der Waals surface area contributed by atoms with Crippen LogP contribution in [0, 0.1) is 5.92 Å². The topological polar surface area (TPSA) is 41.9 Å². The van der Waals surface area contributed by atoms with E-state index in [4.69, 9.17) is 5.73 Å². The molecule has 1 aliphatic heterocycles. The highest BCUT2D eigenvalue weighted by Crippen LogP contribution is 2.30. The minimum absolute atomic E-state index is 0.181. The van der Waals surface area contributed by atoms with Gasteiger partial charge < -0.3 is 5.73 Å². The van der Waals surface area contributed by atoms with E-state index in [1.54, 1.807) is 4.58 Å². The molecule has 0 radical (unpaired) electrons. The van der Waals surface area contributed by atoms with Gasteiger partial charge in [-0.15, -0.1) is 0 Å². The van der Waals surface area contributed by atoms with Crippen LogP contribution in [0.1, 0.15) is 31.0 Å². The maximum absolute atomic E-state index is 12.7. The van der Waals surface area contributed by atoms with Crippen molar-refractivity contribution in [3.05, 3.63) is 23.4 Å². The molecule has 2 heterocycles. The van der Waals surface area contributed by atoms with Gasteiger partial charge in [0.05, 0.1) is 18.3 Å². The Labute approximate surface area is 110 Å². The molecule has 2 rings (SSSR count). The van der Waals surface area contributed by atoms with E-state index in [1.807, 2.05) is 6.21 Å². The van der Waals surface area contributed by atoms with Crippen molar-refractivity contribution in [2.75, 3.05) is 6.54 Å². The number of nitrogens with zero attached hydrogens (tertiary/aromatic N) is 2. The Morgan fingerprint density at radius 2 is 2.16 bits per heavy atom. The first-order valence-electron chi connectivity index (χ1n) is 6.29. The number of rotatable bonds is 2. The standard InChI is InChI=1S/C13H17F3N3/c1-9-4-6-19(7-5-9)12-10(8-17)2-3-11(18-12)13(14,15)16/h2-3,6,9H,4-5,7-8,17H2,1H3/q+1. The molecule has 6 heteroatoms. The van der Waals surface area contributed by atoms with E-state index < -0.39 is 11.9 Å². The molecule has 2 N–H and O–H groups in total. The number of alkyl halides is 3. The molecule has 0 spiro atoms. The fraction of sp³-hybridized carbons (Fsp3) is 0.538. The summed E-state index contributed by atoms with van der Waals surface area (Å²) < 4.78 is 39.9. The van der Waals surface area contributed by atoms with Crippen LogP contribution < -0.4 is 5.73 Å². The van der Waals surface area contributed by atoms with Crippen LogP contribution in [0.15, 0.2) is 12.1 Å². The molecule has 0 aromatic carbocycles. The maximum Gasteiger partial charge on any atom is 0.457 e. The molecule has 3 nitrogen and oxygen atoms in total. The number of aromatic nitrogens is 1. The zero-order valence-electron chi connectivity index (χ0n) is 10.7. The van der Waals surface area contributed by atoms with Crippen molar-refractivity contribution in [2.45, 2.75) is 32.5 Å². The second-order valence-corrected chi connectivity index (χ2v) is 4.89. The van der Waals surface area contributed by atoms with Gasteiger partial charge in [0.1, 0.15) is 0 Å². The first-order chi connectivity index (χ1) is 8.91. The summed E-state index contributed by atoms with van der Waals surface area (Å²) in [6.45, 7) is 2.99. The van der Waals surface area contributed by atoms with Crippen molar-refractivity contribution >= 4 is 12.0 Å². The van der Waals surface area contributed by atoms with E-state index in [9.17, 15) is 13.2 Å². The Balaban J connectivity index is 2.42. The van der Waals surface area contributed by atoms with E-state index >= 15 is 0 Å². The van der Waals surface area contributed by atoms with Gasteiger partial charge >= 0.3 is 12.0 Å². The summed E-state index contributed by atoms with van der Waals surface area (Å²) in [6, 6.07) is 2.40. The van der Waals surface area contributed by atoms with Gasteiger partial charge in [-0.05, 0) is 29.5 Å². The predicted molar refractivity (Wildman–Crippen MR) is 66.4 cm³/mol. The van der Waals surface area contributed by atoms with Gasteiger partial charge in [-0.2, -0.15) is 13.2 Å². The highest BCUT2D eigenvalue weighted by molar-refractivity contribution is 5.55. The van der Waals surface area contributed by atoms with E-state index in [2.05, 4.69) is 11.9 Å². The Morgan fingerprint density at radius 3 is 2.68 bits per heavy atom. The average molecular weight is 272 g/mol. The number of pyridine rings is 1. The molecule has 0 aliphatic carbocycles. The maximum atomic E-state index is 12.7. The lowest BCUT2D eigenvalue weighted by Gasteiger charge is -2.16. The molecule has 1 atom stereocenters. The molecular weight excluding hydrogens is 255 g/mol. The van der Waals surface area contributed by atoms with Crippen molar-refractivity contribution in [1.29, 1.82) is 0 Å². The SMILES string of the molecule is CC1CC=[N+](c2nc(C(F)(F)F)ccc2CN)CC1. The molecular formula is C13H17F3N3+. The summed E-state index contributed by atoms with van der Waals surface area (Å²) in [5.41, 5.74) is 5.35. The van der Waals surface area contributed by atoms with E-state index in [0.29, 0.717) is 23.8 Å². The van der Waals surface area contributed by atoms with E-state index in [1.165, 1.54) is 6.07 Å². The molecule has 0 fully saturated rings. The van der Waals surface area contributed by atoms with Crippen LogP contribution in [0.4, 0.5) is 19.0 Å². The summed E-state index contributed by atoms with van der Waals surface area (Å²) in [4.78, 5) is 3.75. The molecule has 19 heavy (non-hydrogen) atoms. The number of halogens is 3. The Morgan fingerprint density at radius 1 is 1.42 bits per heavy atom. The smallest absolute Gasteiger partial charge is 0.326 e. The molecule has 1 unspecified atom stereocenters. The minimum Gasteiger partial charge on any atom is -0.326 e. The molecule has 0 bridgehead atoms. The third-order valence-electron chi connectivity index (χ3n) is 3.33. The van der Waals surface area contributed by atoms with Gasteiger partial charge in [-0.25, -0.2) is 4.58 Å². The van der Waals surface area contributed by atoms with Crippen LogP contribution >= 0.6 is 0 Å². The van der Waals surface area contributed by atoms with Crippen molar-refractivity contribution < 1.29 is 17.7 Å². The lowest BCUT2D eigenvalue weighted by Crippen LogP contribution is -2.22. The minimum atomic E-state index is -4.43. The summed E-state index contributed by atoms with van der Waals surface area (Å²) in [6.07, 6.45) is -0.721.